The molecule has 0 aliphatic carbocycles. The summed E-state index contributed by atoms with van der Waals surface area (Å²) in [5.74, 6) is 2.06. The predicted octanol–water partition coefficient (Wildman–Crippen LogP) is 2.52. The molecule has 17 heavy (non-hydrogen) atoms. The van der Waals surface area contributed by atoms with Crippen LogP contribution in [0.3, 0.4) is 0 Å². The van der Waals surface area contributed by atoms with Crippen molar-refractivity contribution in [1.29, 1.82) is 0 Å². The molecule has 0 saturated carbocycles. The topological polar surface area (TPSA) is 59.1 Å². The zero-order valence-electron chi connectivity index (χ0n) is 9.76. The standard InChI is InChI=1S/C13H16N2OS/c1-9(14)7-17-8-10-4-5-12(16)13-11(10)3-2-6-15-13/h2-6,9,16H,7-8,14H2,1H3. The largest absolute Gasteiger partial charge is 0.506 e. The number of aromatic hydroxyl groups is 1. The molecule has 1 unspecified atom stereocenters. The zero-order valence-corrected chi connectivity index (χ0v) is 10.6. The first-order chi connectivity index (χ1) is 8.18. The van der Waals surface area contributed by atoms with Gasteiger partial charge >= 0.3 is 0 Å². The highest BCUT2D eigenvalue weighted by atomic mass is 32.2. The van der Waals surface area contributed by atoms with Crippen molar-refractivity contribution in [3.05, 3.63) is 36.0 Å². The van der Waals surface area contributed by atoms with Gasteiger partial charge in [-0.25, -0.2) is 0 Å². The third-order valence-corrected chi connectivity index (χ3v) is 3.75. The first kappa shape index (κ1) is 12.2. The van der Waals surface area contributed by atoms with Crippen molar-refractivity contribution in [2.45, 2.75) is 18.7 Å². The number of phenols is 1. The van der Waals surface area contributed by atoms with Crippen LogP contribution in [0.25, 0.3) is 10.9 Å². The van der Waals surface area contributed by atoms with Crippen LogP contribution >= 0.6 is 11.8 Å². The van der Waals surface area contributed by atoms with Gasteiger partial charge in [-0.1, -0.05) is 12.1 Å². The Hall–Kier alpha value is -1.26. The number of nitrogens with zero attached hydrogens (tertiary/aromatic N) is 1. The molecule has 0 aliphatic heterocycles. The van der Waals surface area contributed by atoms with Crippen LogP contribution in [0.1, 0.15) is 12.5 Å². The molecule has 3 nitrogen and oxygen atoms in total. The van der Waals surface area contributed by atoms with Crippen molar-refractivity contribution in [3.8, 4) is 5.75 Å². The molecule has 90 valence electrons. The Morgan fingerprint density at radius 3 is 3.00 bits per heavy atom. The molecule has 2 rings (SSSR count). The van der Waals surface area contributed by atoms with Crippen LogP contribution in [0.15, 0.2) is 30.5 Å². The molecule has 3 N–H and O–H groups in total. The second-order valence-corrected chi connectivity index (χ2v) is 5.17. The summed E-state index contributed by atoms with van der Waals surface area (Å²) in [5, 5.41) is 10.7. The van der Waals surface area contributed by atoms with E-state index in [2.05, 4.69) is 4.98 Å². The van der Waals surface area contributed by atoms with Gasteiger partial charge in [0.25, 0.3) is 0 Å². The molecule has 0 spiro atoms. The highest BCUT2D eigenvalue weighted by Crippen LogP contribution is 2.27. The quantitative estimate of drug-likeness (QED) is 0.873. The van der Waals surface area contributed by atoms with E-state index in [9.17, 15) is 5.11 Å². The Morgan fingerprint density at radius 1 is 1.41 bits per heavy atom. The fraction of sp³-hybridized carbons (Fsp3) is 0.308. The summed E-state index contributed by atoms with van der Waals surface area (Å²) < 4.78 is 0. The van der Waals surface area contributed by atoms with E-state index in [4.69, 9.17) is 5.73 Å². The molecule has 1 aromatic carbocycles. The lowest BCUT2D eigenvalue weighted by atomic mass is 10.1. The maximum absolute atomic E-state index is 9.72. The number of fused-ring (bicyclic) bond motifs is 1. The lowest BCUT2D eigenvalue weighted by Crippen LogP contribution is -2.17. The minimum Gasteiger partial charge on any atom is -0.506 e. The number of benzene rings is 1. The Morgan fingerprint density at radius 2 is 2.24 bits per heavy atom. The summed E-state index contributed by atoms with van der Waals surface area (Å²) in [6.45, 7) is 2.00. The van der Waals surface area contributed by atoms with Gasteiger partial charge in [-0.15, -0.1) is 0 Å². The summed E-state index contributed by atoms with van der Waals surface area (Å²) in [6, 6.07) is 7.75. The summed E-state index contributed by atoms with van der Waals surface area (Å²) in [7, 11) is 0. The molecule has 4 heteroatoms. The molecule has 0 amide bonds. The van der Waals surface area contributed by atoms with Gasteiger partial charge in [-0.3, -0.25) is 4.98 Å². The molecule has 0 aliphatic rings. The number of thioether (sulfide) groups is 1. The molecule has 1 aromatic heterocycles. The van der Waals surface area contributed by atoms with Crippen LogP contribution in [0, 0.1) is 0 Å². The van der Waals surface area contributed by atoms with E-state index in [0.717, 1.165) is 16.9 Å². The van der Waals surface area contributed by atoms with E-state index in [1.54, 1.807) is 24.0 Å². The first-order valence-electron chi connectivity index (χ1n) is 5.57. The highest BCUT2D eigenvalue weighted by Gasteiger charge is 2.06. The molecule has 0 radical (unpaired) electrons. The summed E-state index contributed by atoms with van der Waals surface area (Å²) in [6.07, 6.45) is 1.70. The van der Waals surface area contributed by atoms with Gasteiger partial charge < -0.3 is 10.8 Å². The number of pyridine rings is 1. The number of hydrogen-bond donors (Lipinski definition) is 2. The van der Waals surface area contributed by atoms with Crippen LogP contribution in [0.2, 0.25) is 0 Å². The Labute approximate surface area is 105 Å². The van der Waals surface area contributed by atoms with E-state index < -0.39 is 0 Å². The van der Waals surface area contributed by atoms with Crippen molar-refractivity contribution in [2.24, 2.45) is 5.73 Å². The SMILES string of the molecule is CC(N)CSCc1ccc(O)c2ncccc12. The van der Waals surface area contributed by atoms with Gasteiger partial charge in [0.2, 0.25) is 0 Å². The highest BCUT2D eigenvalue weighted by molar-refractivity contribution is 7.98. The van der Waals surface area contributed by atoms with Gasteiger partial charge in [0.1, 0.15) is 11.3 Å². The Kier molecular flexibility index (Phi) is 3.86. The first-order valence-corrected chi connectivity index (χ1v) is 6.73. The van der Waals surface area contributed by atoms with Crippen molar-refractivity contribution in [3.63, 3.8) is 0 Å². The maximum atomic E-state index is 9.72. The number of phenolic OH excluding ortho intramolecular Hbond substituents is 1. The van der Waals surface area contributed by atoms with E-state index in [1.807, 2.05) is 25.1 Å². The Balaban J connectivity index is 2.26. The molecular weight excluding hydrogens is 232 g/mol. The number of nitrogens with two attached hydrogens (primary N) is 1. The summed E-state index contributed by atoms with van der Waals surface area (Å²) in [5.41, 5.74) is 7.58. The molecular formula is C13H16N2OS. The van der Waals surface area contributed by atoms with Crippen molar-refractivity contribution >= 4 is 22.7 Å². The van der Waals surface area contributed by atoms with Gasteiger partial charge in [0, 0.05) is 29.1 Å². The second-order valence-electron chi connectivity index (χ2n) is 4.14. The fourth-order valence-electron chi connectivity index (χ4n) is 1.70. The third-order valence-electron chi connectivity index (χ3n) is 2.48. The average molecular weight is 248 g/mol. The minimum atomic E-state index is 0.210. The average Bonchev–Trinajstić information content (AvgIpc) is 2.32. The number of hydrogen-bond acceptors (Lipinski definition) is 4. The molecule has 1 atom stereocenters. The van der Waals surface area contributed by atoms with Crippen molar-refractivity contribution in [1.82, 2.24) is 4.98 Å². The fourth-order valence-corrected chi connectivity index (χ4v) is 2.66. The van der Waals surface area contributed by atoms with Gasteiger partial charge in [0.05, 0.1) is 0 Å². The monoisotopic (exact) mass is 248 g/mol. The van der Waals surface area contributed by atoms with Crippen LogP contribution in [-0.2, 0) is 5.75 Å². The Bertz CT molecular complexity index is 514. The summed E-state index contributed by atoms with van der Waals surface area (Å²) >= 11 is 1.80. The van der Waals surface area contributed by atoms with Crippen LogP contribution < -0.4 is 5.73 Å². The minimum absolute atomic E-state index is 0.210. The van der Waals surface area contributed by atoms with E-state index in [1.165, 1.54) is 5.56 Å². The lowest BCUT2D eigenvalue weighted by Gasteiger charge is -2.08. The van der Waals surface area contributed by atoms with Crippen LogP contribution in [-0.4, -0.2) is 21.9 Å². The number of rotatable bonds is 4. The van der Waals surface area contributed by atoms with Gasteiger partial charge in [-0.2, -0.15) is 11.8 Å². The maximum Gasteiger partial charge on any atom is 0.141 e. The van der Waals surface area contributed by atoms with E-state index in [-0.39, 0.29) is 11.8 Å². The van der Waals surface area contributed by atoms with Crippen molar-refractivity contribution < 1.29 is 5.11 Å². The smallest absolute Gasteiger partial charge is 0.141 e. The summed E-state index contributed by atoms with van der Waals surface area (Å²) in [4.78, 5) is 4.20. The molecule has 0 bridgehead atoms. The van der Waals surface area contributed by atoms with E-state index >= 15 is 0 Å². The molecule has 1 heterocycles. The predicted molar refractivity (Wildman–Crippen MR) is 73.2 cm³/mol. The lowest BCUT2D eigenvalue weighted by molar-refractivity contribution is 0.480. The molecule has 0 saturated heterocycles. The normalized spacial score (nSPS) is 12.8. The zero-order chi connectivity index (χ0) is 12.3. The van der Waals surface area contributed by atoms with Crippen LogP contribution in [0.5, 0.6) is 5.75 Å². The van der Waals surface area contributed by atoms with E-state index in [0.29, 0.717) is 5.52 Å². The van der Waals surface area contributed by atoms with Crippen molar-refractivity contribution in [2.75, 3.05) is 5.75 Å². The van der Waals surface area contributed by atoms with Gasteiger partial charge in [0.15, 0.2) is 0 Å². The van der Waals surface area contributed by atoms with Gasteiger partial charge in [-0.05, 0) is 24.6 Å². The second kappa shape index (κ2) is 5.38. The molecule has 2 aromatic rings. The number of aromatic nitrogens is 1. The van der Waals surface area contributed by atoms with Crippen LogP contribution in [0.4, 0.5) is 0 Å². The molecule has 0 fully saturated rings. The third kappa shape index (κ3) is 2.90.